The number of thiazole rings is 1. The third-order valence-electron chi connectivity index (χ3n) is 10.9. The van der Waals surface area contributed by atoms with E-state index in [1.807, 2.05) is 56.9 Å². The van der Waals surface area contributed by atoms with Crippen molar-refractivity contribution in [2.24, 2.45) is 4.99 Å². The van der Waals surface area contributed by atoms with Gasteiger partial charge in [-0.25, -0.2) is 18.6 Å². The molecule has 4 aromatic carbocycles. The average Bonchev–Trinajstić information content (AvgIpc) is 3.69. The smallest absolute Gasteiger partial charge is 0.410 e. The molecule has 7 rings (SSSR count). The Labute approximate surface area is 410 Å². The lowest BCUT2D eigenvalue weighted by Crippen LogP contribution is -2.48. The molecule has 0 aliphatic carbocycles. The van der Waals surface area contributed by atoms with E-state index in [4.69, 9.17) is 10.5 Å². The summed E-state index contributed by atoms with van der Waals surface area (Å²) in [6.45, 7) is 15.5. The van der Waals surface area contributed by atoms with E-state index in [9.17, 15) is 23.2 Å². The molecule has 67 heavy (non-hydrogen) atoms. The van der Waals surface area contributed by atoms with E-state index < -0.39 is 11.4 Å². The molecule has 1 aromatic heterocycles. The highest BCUT2D eigenvalue weighted by Crippen LogP contribution is 2.31. The van der Waals surface area contributed by atoms with Crippen LogP contribution in [0.4, 0.5) is 47.3 Å². The first-order valence-electron chi connectivity index (χ1n) is 22.3. The highest BCUT2D eigenvalue weighted by molar-refractivity contribution is 9.09. The molecule has 2 aliphatic heterocycles. The Bertz CT molecular complexity index is 2450. The SMILES string of the molecule is CCN(C(=O)OC(C)(C)C)C1CCN(c2ccc(N=C=S)cc2)CC1.CCNC1CCN(c2ccc(Nc3nc(N)c(C(=O)c4cccc(F)c4)s3)cc2)CC1.O=C(CBr)c1cccc(F)c1. The summed E-state index contributed by atoms with van der Waals surface area (Å²) in [7, 11) is 0. The number of nitrogen functional groups attached to an aromatic ring is 1. The second-order valence-electron chi connectivity index (χ2n) is 16.8. The number of carbonyl (C=O) groups is 3. The monoisotopic (exact) mass is 1020 g/mol. The Morgan fingerprint density at radius 2 is 1.43 bits per heavy atom. The van der Waals surface area contributed by atoms with Crippen LogP contribution >= 0.6 is 39.5 Å². The van der Waals surface area contributed by atoms with Crippen LogP contribution in [0.25, 0.3) is 0 Å². The zero-order chi connectivity index (χ0) is 48.5. The van der Waals surface area contributed by atoms with Crippen LogP contribution in [0.2, 0.25) is 0 Å². The Kier molecular flexibility index (Phi) is 20.0. The van der Waals surface area contributed by atoms with Crippen molar-refractivity contribution in [2.45, 2.75) is 78.0 Å². The van der Waals surface area contributed by atoms with Gasteiger partial charge in [0.1, 0.15) is 27.9 Å². The van der Waals surface area contributed by atoms with Gasteiger partial charge in [0.05, 0.1) is 16.2 Å². The number of Topliss-reactive ketones (excluding diaryl/α,β-unsaturated/α-hetero) is 1. The number of alkyl halides is 1. The van der Waals surface area contributed by atoms with Crippen molar-refractivity contribution in [3.05, 3.63) is 125 Å². The number of hydrogen-bond acceptors (Lipinski definition) is 13. The molecule has 0 radical (unpaired) electrons. The molecule has 0 bridgehead atoms. The quantitative estimate of drug-likeness (QED) is 0.0448. The van der Waals surface area contributed by atoms with Crippen molar-refractivity contribution in [1.29, 1.82) is 0 Å². The van der Waals surface area contributed by atoms with Gasteiger partial charge >= 0.3 is 6.09 Å². The second-order valence-corrected chi connectivity index (χ2v) is 18.6. The summed E-state index contributed by atoms with van der Waals surface area (Å²) in [5.41, 5.74) is 10.2. The molecule has 2 aliphatic rings. The van der Waals surface area contributed by atoms with Gasteiger partial charge in [0.25, 0.3) is 0 Å². The standard InChI is InChI=1S/C23H26FN5OS.C19H27N3O2S.C8H6BrFO/c1-2-26-17-10-12-29(13-11-17)19-8-6-18(7-9-19)27-23-28-22(25)21(31-23)20(30)15-4-3-5-16(24)14-15;1-5-22(18(23)24-19(2,3)4)17-10-12-21(13-11-17)16-8-6-15(7-9-16)20-14-25;9-5-8(11)6-2-1-3-7(10)4-6/h3-9,14,17,26H,2,10-13,25H2,1H3,(H,27,28);6-9,17H,5,10-13H2,1-4H3;1-4H,5H2. The first-order valence-corrected chi connectivity index (χ1v) is 24.6. The summed E-state index contributed by atoms with van der Waals surface area (Å²) in [5, 5.41) is 9.87. The summed E-state index contributed by atoms with van der Waals surface area (Å²) < 4.78 is 31.5. The topological polar surface area (TPSA) is 145 Å². The summed E-state index contributed by atoms with van der Waals surface area (Å²) >= 11 is 8.79. The van der Waals surface area contributed by atoms with Crippen molar-refractivity contribution in [3.63, 3.8) is 0 Å². The minimum absolute atomic E-state index is 0.107. The van der Waals surface area contributed by atoms with Gasteiger partial charge < -0.3 is 35.8 Å². The molecule has 356 valence electrons. The Balaban J connectivity index is 0.000000208. The highest BCUT2D eigenvalue weighted by Gasteiger charge is 2.30. The minimum atomic E-state index is -0.460. The maximum absolute atomic E-state index is 13.4. The van der Waals surface area contributed by atoms with E-state index in [-0.39, 0.29) is 46.2 Å². The number of nitrogens with zero attached hydrogens (tertiary/aromatic N) is 5. The number of aromatic nitrogens is 1. The van der Waals surface area contributed by atoms with Gasteiger partial charge in [-0.1, -0.05) is 58.5 Å². The summed E-state index contributed by atoms with van der Waals surface area (Å²) in [4.78, 5) is 51.1. The molecule has 2 saturated heterocycles. The second kappa shape index (κ2) is 25.5. The molecule has 2 fully saturated rings. The molecule has 5 aromatic rings. The van der Waals surface area contributed by atoms with Gasteiger partial charge in [-0.3, -0.25) is 9.59 Å². The number of carbonyl (C=O) groups excluding carboxylic acids is 3. The Hall–Kier alpha value is -5.58. The van der Waals surface area contributed by atoms with E-state index in [2.05, 4.69) is 94.9 Å². The molecule has 0 spiro atoms. The van der Waals surface area contributed by atoms with Crippen molar-refractivity contribution in [2.75, 3.05) is 65.4 Å². The van der Waals surface area contributed by atoms with Crippen LogP contribution in [0, 0.1) is 11.6 Å². The van der Waals surface area contributed by atoms with E-state index in [0.717, 1.165) is 81.1 Å². The lowest BCUT2D eigenvalue weighted by molar-refractivity contribution is 0.0149. The van der Waals surface area contributed by atoms with Crippen LogP contribution in [-0.4, -0.2) is 95.0 Å². The number of hydrogen-bond donors (Lipinski definition) is 3. The number of halogens is 3. The number of rotatable bonds is 13. The number of benzene rings is 4. The number of piperidine rings is 2. The van der Waals surface area contributed by atoms with E-state index in [0.29, 0.717) is 28.2 Å². The summed E-state index contributed by atoms with van der Waals surface area (Å²) in [6, 6.07) is 28.2. The Morgan fingerprint density at radius 1 is 0.881 bits per heavy atom. The van der Waals surface area contributed by atoms with Crippen molar-refractivity contribution >= 4 is 96.0 Å². The number of anilines is 5. The van der Waals surface area contributed by atoms with E-state index >= 15 is 0 Å². The lowest BCUT2D eigenvalue weighted by Gasteiger charge is -2.39. The molecule has 3 heterocycles. The minimum Gasteiger partial charge on any atom is -0.444 e. The van der Waals surface area contributed by atoms with Crippen LogP contribution in [0.5, 0.6) is 0 Å². The third-order valence-corrected chi connectivity index (χ3v) is 12.5. The highest BCUT2D eigenvalue weighted by atomic mass is 79.9. The molecule has 1 amide bonds. The molecular formula is C50H59BrF2N8O4S2. The van der Waals surface area contributed by atoms with Gasteiger partial charge in [0, 0.05) is 73.0 Å². The number of isothiocyanates is 1. The largest absolute Gasteiger partial charge is 0.444 e. The number of nitrogens with two attached hydrogens (primary N) is 1. The average molecular weight is 1020 g/mol. The van der Waals surface area contributed by atoms with Gasteiger partial charge in [-0.15, -0.1) is 0 Å². The Morgan fingerprint density at radius 3 is 1.96 bits per heavy atom. The number of aliphatic imine (C=N–C) groups is 1. The van der Waals surface area contributed by atoms with Crippen LogP contribution in [-0.2, 0) is 4.74 Å². The van der Waals surface area contributed by atoms with Gasteiger partial charge in [-0.05, 0) is 145 Å². The van der Waals surface area contributed by atoms with Gasteiger partial charge in [0.15, 0.2) is 10.9 Å². The molecule has 0 unspecified atom stereocenters. The predicted octanol–water partition coefficient (Wildman–Crippen LogP) is 11.5. The van der Waals surface area contributed by atoms with E-state index in [1.54, 1.807) is 12.1 Å². The van der Waals surface area contributed by atoms with Crippen LogP contribution < -0.4 is 26.2 Å². The van der Waals surface area contributed by atoms with E-state index in [1.165, 1.54) is 47.8 Å². The van der Waals surface area contributed by atoms with Crippen molar-refractivity contribution in [1.82, 2.24) is 15.2 Å². The number of ether oxygens (including phenoxy) is 1. The molecule has 4 N–H and O–H groups in total. The zero-order valence-corrected chi connectivity index (χ0v) is 41.8. The first-order chi connectivity index (χ1) is 32.1. The van der Waals surface area contributed by atoms with Crippen molar-refractivity contribution in [3.8, 4) is 0 Å². The predicted molar refractivity (Wildman–Crippen MR) is 274 cm³/mol. The fourth-order valence-corrected chi connectivity index (χ4v) is 8.94. The normalized spacial score (nSPS) is 14.1. The third kappa shape index (κ3) is 16.0. The maximum atomic E-state index is 13.4. The number of ketones is 2. The zero-order valence-electron chi connectivity index (χ0n) is 38.6. The van der Waals surface area contributed by atoms with Gasteiger partial charge in [-0.2, -0.15) is 4.99 Å². The first kappa shape index (κ1) is 52.4. The lowest BCUT2D eigenvalue weighted by atomic mass is 10.0. The van der Waals surface area contributed by atoms with Crippen LogP contribution in [0.3, 0.4) is 0 Å². The fraction of sp³-hybridized carbons (Fsp3) is 0.380. The van der Waals surface area contributed by atoms with Gasteiger partial charge in [0.2, 0.25) is 5.78 Å². The fourth-order valence-electron chi connectivity index (χ4n) is 7.64. The molecular weight excluding hydrogens is 959 g/mol. The van der Waals surface area contributed by atoms with Crippen LogP contribution in [0.1, 0.15) is 85.9 Å². The maximum Gasteiger partial charge on any atom is 0.410 e. The molecule has 12 nitrogen and oxygen atoms in total. The summed E-state index contributed by atoms with van der Waals surface area (Å²) in [5.74, 6) is -1.14. The number of thiocarbonyl (C=S) groups is 1. The molecule has 0 atom stereocenters. The number of nitrogens with one attached hydrogen (secondary N) is 2. The molecule has 0 saturated carbocycles. The summed E-state index contributed by atoms with van der Waals surface area (Å²) in [6.07, 6.45) is 3.96. The molecule has 17 heteroatoms. The van der Waals surface area contributed by atoms with Crippen LogP contribution in [0.15, 0.2) is 102 Å². The van der Waals surface area contributed by atoms with Crippen molar-refractivity contribution < 1.29 is 27.9 Å². The number of amides is 1.